The minimum atomic E-state index is -0.369. The Bertz CT molecular complexity index is 1260. The number of hydrogen-bond donors (Lipinski definition) is 1. The average molecular weight is 442 g/mol. The van der Waals surface area contributed by atoms with Crippen LogP contribution in [-0.2, 0) is 0 Å². The molecule has 2 heterocycles. The summed E-state index contributed by atoms with van der Waals surface area (Å²) in [4.78, 5) is 26.5. The van der Waals surface area contributed by atoms with Crippen LogP contribution >= 0.6 is 0 Å². The minimum absolute atomic E-state index is 0.316. The fourth-order valence-electron chi connectivity index (χ4n) is 3.25. The number of benzene rings is 2. The molecule has 0 atom stereocenters. The number of ether oxygens (including phenoxy) is 3. The van der Waals surface area contributed by atoms with Gasteiger partial charge in [0.05, 0.1) is 38.3 Å². The highest BCUT2D eigenvalue weighted by molar-refractivity contribution is 6.08. The lowest BCUT2D eigenvalue weighted by atomic mass is 10.1. The summed E-state index contributed by atoms with van der Waals surface area (Å²) >= 11 is 0. The van der Waals surface area contributed by atoms with Gasteiger partial charge in [0.15, 0.2) is 5.82 Å². The molecule has 0 aliphatic rings. The molecule has 8 nitrogen and oxygen atoms in total. The molecular weight excluding hydrogens is 420 g/mol. The summed E-state index contributed by atoms with van der Waals surface area (Å²) in [5.74, 6) is 1.95. The third-order valence-corrected chi connectivity index (χ3v) is 4.99. The van der Waals surface area contributed by atoms with Crippen LogP contribution in [-0.4, -0.2) is 42.2 Å². The molecule has 1 N–H and O–H groups in total. The third kappa shape index (κ3) is 4.74. The zero-order valence-electron chi connectivity index (χ0n) is 18.4. The number of hydrogen-bond acceptors (Lipinski definition) is 7. The van der Waals surface area contributed by atoms with Gasteiger partial charge in [-0.2, -0.15) is 0 Å². The van der Waals surface area contributed by atoms with E-state index in [4.69, 9.17) is 19.2 Å². The molecular formula is C25H22N4O4. The number of amides is 1. The van der Waals surface area contributed by atoms with E-state index >= 15 is 0 Å². The number of pyridine rings is 1. The maximum Gasteiger partial charge on any atom is 0.259 e. The van der Waals surface area contributed by atoms with Crippen molar-refractivity contribution in [3.05, 3.63) is 78.8 Å². The summed E-state index contributed by atoms with van der Waals surface area (Å²) in [6.45, 7) is 0. The van der Waals surface area contributed by atoms with Crippen LogP contribution in [0.5, 0.6) is 17.2 Å². The first-order chi connectivity index (χ1) is 16.1. The van der Waals surface area contributed by atoms with Crippen molar-refractivity contribution < 1.29 is 19.0 Å². The SMILES string of the molecule is COc1ccc(-c2ncc(C(=O)Nc3ccc(OC)cc3OC)c(-c3ccncc3)n2)cc1. The van der Waals surface area contributed by atoms with Crippen molar-refractivity contribution >= 4 is 11.6 Å². The second kappa shape index (κ2) is 9.78. The van der Waals surface area contributed by atoms with Crippen LogP contribution in [0.4, 0.5) is 5.69 Å². The molecule has 0 spiro atoms. The molecule has 4 aromatic rings. The van der Waals surface area contributed by atoms with Gasteiger partial charge >= 0.3 is 0 Å². The van der Waals surface area contributed by atoms with Crippen LogP contribution in [0.3, 0.4) is 0 Å². The van der Waals surface area contributed by atoms with E-state index in [9.17, 15) is 4.79 Å². The maximum absolute atomic E-state index is 13.3. The molecule has 2 aromatic carbocycles. The number of nitrogens with one attached hydrogen (secondary N) is 1. The van der Waals surface area contributed by atoms with Crippen LogP contribution in [0.25, 0.3) is 22.6 Å². The summed E-state index contributed by atoms with van der Waals surface area (Å²) in [6.07, 6.45) is 4.82. The number of anilines is 1. The molecule has 2 aromatic heterocycles. The highest BCUT2D eigenvalue weighted by atomic mass is 16.5. The Labute approximate surface area is 191 Å². The molecule has 0 aliphatic heterocycles. The van der Waals surface area contributed by atoms with Crippen LogP contribution in [0, 0.1) is 0 Å². The molecule has 0 fully saturated rings. The molecule has 0 aliphatic carbocycles. The van der Waals surface area contributed by atoms with E-state index < -0.39 is 0 Å². The highest BCUT2D eigenvalue weighted by Gasteiger charge is 2.19. The number of nitrogens with zero attached hydrogens (tertiary/aromatic N) is 3. The lowest BCUT2D eigenvalue weighted by molar-refractivity contribution is 0.102. The number of carbonyl (C=O) groups is 1. The van der Waals surface area contributed by atoms with Crippen molar-refractivity contribution in [3.63, 3.8) is 0 Å². The Balaban J connectivity index is 1.73. The molecule has 4 rings (SSSR count). The van der Waals surface area contributed by atoms with Gasteiger partial charge in [0.1, 0.15) is 17.2 Å². The first-order valence-corrected chi connectivity index (χ1v) is 10.1. The predicted molar refractivity (Wildman–Crippen MR) is 125 cm³/mol. The summed E-state index contributed by atoms with van der Waals surface area (Å²) in [7, 11) is 4.70. The molecule has 33 heavy (non-hydrogen) atoms. The Kier molecular flexibility index (Phi) is 6.45. The minimum Gasteiger partial charge on any atom is -0.497 e. The number of aromatic nitrogens is 3. The Hall–Kier alpha value is -4.46. The van der Waals surface area contributed by atoms with Crippen molar-refractivity contribution in [2.24, 2.45) is 0 Å². The molecule has 0 saturated carbocycles. The highest BCUT2D eigenvalue weighted by Crippen LogP contribution is 2.31. The van der Waals surface area contributed by atoms with E-state index in [2.05, 4.69) is 15.3 Å². The Morgan fingerprint density at radius 3 is 2.18 bits per heavy atom. The van der Waals surface area contributed by atoms with Crippen LogP contribution in [0.15, 0.2) is 73.2 Å². The number of carbonyl (C=O) groups excluding carboxylic acids is 1. The number of rotatable bonds is 7. The van der Waals surface area contributed by atoms with Gasteiger partial charge in [0.25, 0.3) is 5.91 Å². The monoisotopic (exact) mass is 442 g/mol. The number of methoxy groups -OCH3 is 3. The predicted octanol–water partition coefficient (Wildman–Crippen LogP) is 4.48. The fourth-order valence-corrected chi connectivity index (χ4v) is 3.25. The van der Waals surface area contributed by atoms with Gasteiger partial charge in [-0.15, -0.1) is 0 Å². The van der Waals surface area contributed by atoms with E-state index in [0.717, 1.165) is 16.9 Å². The summed E-state index contributed by atoms with van der Waals surface area (Å²) in [6, 6.07) is 16.2. The van der Waals surface area contributed by atoms with E-state index in [1.165, 1.54) is 13.3 Å². The fraction of sp³-hybridized carbons (Fsp3) is 0.120. The normalized spacial score (nSPS) is 10.4. The lowest BCUT2D eigenvalue weighted by Crippen LogP contribution is -2.15. The summed E-state index contributed by atoms with van der Waals surface area (Å²) < 4.78 is 15.8. The topological polar surface area (TPSA) is 95.5 Å². The lowest BCUT2D eigenvalue weighted by Gasteiger charge is -2.14. The Morgan fingerprint density at radius 2 is 1.52 bits per heavy atom. The van der Waals surface area contributed by atoms with Crippen molar-refractivity contribution in [1.82, 2.24) is 15.0 Å². The molecule has 8 heteroatoms. The standard InChI is InChI=1S/C25H22N4O4/c1-31-18-6-4-17(5-7-18)24-27-15-20(23(29-24)16-10-12-26-13-11-16)25(30)28-21-9-8-19(32-2)14-22(21)33-3/h4-15H,1-3H3,(H,28,30). The van der Waals surface area contributed by atoms with Gasteiger partial charge < -0.3 is 19.5 Å². The van der Waals surface area contributed by atoms with Gasteiger partial charge in [0.2, 0.25) is 0 Å². The second-order valence-electron chi connectivity index (χ2n) is 6.94. The Morgan fingerprint density at radius 1 is 0.818 bits per heavy atom. The van der Waals surface area contributed by atoms with E-state index in [-0.39, 0.29) is 5.91 Å². The van der Waals surface area contributed by atoms with Crippen molar-refractivity contribution in [2.45, 2.75) is 0 Å². The molecule has 0 saturated heterocycles. The molecule has 1 amide bonds. The zero-order chi connectivity index (χ0) is 23.2. The second-order valence-corrected chi connectivity index (χ2v) is 6.94. The van der Waals surface area contributed by atoms with Gasteiger partial charge in [0, 0.05) is 35.8 Å². The largest absolute Gasteiger partial charge is 0.497 e. The van der Waals surface area contributed by atoms with Crippen LogP contribution < -0.4 is 19.5 Å². The van der Waals surface area contributed by atoms with E-state index in [0.29, 0.717) is 34.3 Å². The van der Waals surface area contributed by atoms with Gasteiger partial charge in [-0.1, -0.05) is 0 Å². The van der Waals surface area contributed by atoms with E-state index in [1.807, 2.05) is 24.3 Å². The van der Waals surface area contributed by atoms with Gasteiger partial charge in [-0.05, 0) is 48.5 Å². The van der Waals surface area contributed by atoms with Crippen molar-refractivity contribution in [3.8, 4) is 39.9 Å². The summed E-state index contributed by atoms with van der Waals surface area (Å²) in [5.41, 5.74) is 2.85. The first kappa shape index (κ1) is 21.8. The van der Waals surface area contributed by atoms with Crippen LogP contribution in [0.2, 0.25) is 0 Å². The average Bonchev–Trinajstić information content (AvgIpc) is 2.89. The molecule has 166 valence electrons. The maximum atomic E-state index is 13.3. The molecule has 0 unspecified atom stereocenters. The third-order valence-electron chi connectivity index (χ3n) is 4.99. The van der Waals surface area contributed by atoms with Crippen molar-refractivity contribution in [2.75, 3.05) is 26.6 Å². The molecule has 0 radical (unpaired) electrons. The first-order valence-electron chi connectivity index (χ1n) is 10.1. The van der Waals surface area contributed by atoms with Crippen molar-refractivity contribution in [1.29, 1.82) is 0 Å². The zero-order valence-corrected chi connectivity index (χ0v) is 18.4. The summed E-state index contributed by atoms with van der Waals surface area (Å²) in [5, 5.41) is 2.88. The molecule has 0 bridgehead atoms. The van der Waals surface area contributed by atoms with Gasteiger partial charge in [-0.25, -0.2) is 9.97 Å². The van der Waals surface area contributed by atoms with E-state index in [1.54, 1.807) is 56.9 Å². The van der Waals surface area contributed by atoms with Crippen LogP contribution in [0.1, 0.15) is 10.4 Å². The smallest absolute Gasteiger partial charge is 0.259 e. The quantitative estimate of drug-likeness (QED) is 0.451. The van der Waals surface area contributed by atoms with Gasteiger partial charge in [-0.3, -0.25) is 9.78 Å².